The van der Waals surface area contributed by atoms with Gasteiger partial charge in [-0.25, -0.2) is 4.98 Å². The van der Waals surface area contributed by atoms with Gasteiger partial charge in [-0.3, -0.25) is 0 Å². The molecule has 2 N–H and O–H groups in total. The Morgan fingerprint density at radius 2 is 2.00 bits per heavy atom. The van der Waals surface area contributed by atoms with Gasteiger partial charge in [0.1, 0.15) is 5.52 Å². The van der Waals surface area contributed by atoms with Gasteiger partial charge in [0.2, 0.25) is 0 Å². The van der Waals surface area contributed by atoms with Gasteiger partial charge in [0.25, 0.3) is 5.22 Å². The van der Waals surface area contributed by atoms with Crippen molar-refractivity contribution >= 4 is 56.8 Å². The Bertz CT molecular complexity index is 375. The minimum atomic E-state index is 0. The summed E-state index contributed by atoms with van der Waals surface area (Å²) in [4.78, 5) is 4.29. The number of fused-ring (bicyclic) bond motifs is 1. The molecule has 2 aromatic rings. The minimum absolute atomic E-state index is 0. The van der Waals surface area contributed by atoms with Crippen LogP contribution in [0.2, 0.25) is 0 Å². The molecule has 0 unspecified atom stereocenters. The summed E-state index contributed by atoms with van der Waals surface area (Å²) in [5.74, 6) is 0.840. The monoisotopic (exact) mass is 354 g/mol. The van der Waals surface area contributed by atoms with Gasteiger partial charge >= 0.3 is 0 Å². The van der Waals surface area contributed by atoms with Crippen molar-refractivity contribution in [2.24, 2.45) is 5.73 Å². The van der Waals surface area contributed by atoms with E-state index in [1.54, 1.807) is 11.8 Å². The fourth-order valence-corrected chi connectivity index (χ4v) is 1.66. The van der Waals surface area contributed by atoms with Crippen LogP contribution in [0.5, 0.6) is 0 Å². The summed E-state index contributed by atoms with van der Waals surface area (Å²) in [5.41, 5.74) is 7.12. The molecule has 0 radical (unpaired) electrons. The molecule has 0 amide bonds. The number of nitrogens with two attached hydrogens (primary N) is 1. The van der Waals surface area contributed by atoms with E-state index in [0.29, 0.717) is 11.8 Å². The zero-order chi connectivity index (χ0) is 9.10. The molecule has 0 aliphatic rings. The lowest BCUT2D eigenvalue weighted by Gasteiger charge is -1.89. The predicted octanol–water partition coefficient (Wildman–Crippen LogP) is 3.03. The Morgan fingerprint density at radius 3 is 2.67 bits per heavy atom. The number of thioether (sulfide) groups is 1. The van der Waals surface area contributed by atoms with Crippen LogP contribution in [-0.2, 0) is 0 Å². The van der Waals surface area contributed by atoms with Gasteiger partial charge in [-0.2, -0.15) is 0 Å². The number of benzene rings is 1. The van der Waals surface area contributed by atoms with Gasteiger partial charge in [0.05, 0.1) is 0 Å². The highest BCUT2D eigenvalue weighted by Crippen LogP contribution is 2.22. The van der Waals surface area contributed by atoms with Crippen LogP contribution in [0.1, 0.15) is 0 Å². The third kappa shape index (κ3) is 3.79. The van der Waals surface area contributed by atoms with E-state index >= 15 is 0 Å². The number of aromatic nitrogens is 1. The lowest BCUT2D eigenvalue weighted by Crippen LogP contribution is -2.00. The molecule has 6 heteroatoms. The van der Waals surface area contributed by atoms with Crippen LogP contribution >= 0.6 is 45.7 Å². The maximum atomic E-state index is 5.47. The molecule has 0 saturated heterocycles. The fourth-order valence-electron chi connectivity index (χ4n) is 1.06. The number of oxazole rings is 1. The zero-order valence-electron chi connectivity index (χ0n) is 7.88. The third-order valence-corrected chi connectivity index (χ3v) is 2.48. The van der Waals surface area contributed by atoms with Crippen LogP contribution < -0.4 is 5.73 Å². The van der Waals surface area contributed by atoms with Crippen LogP contribution in [0.3, 0.4) is 0 Å². The van der Waals surface area contributed by atoms with Crippen LogP contribution in [0.15, 0.2) is 33.9 Å². The van der Waals surface area contributed by atoms with E-state index in [2.05, 4.69) is 4.98 Å². The van der Waals surface area contributed by atoms with Crippen molar-refractivity contribution in [2.75, 3.05) is 12.3 Å². The maximum absolute atomic E-state index is 5.47. The number of rotatable bonds is 3. The van der Waals surface area contributed by atoms with E-state index < -0.39 is 0 Å². The molecule has 0 bridgehead atoms. The summed E-state index contributed by atoms with van der Waals surface area (Å²) >= 11 is 1.54. The number of para-hydroxylation sites is 2. The van der Waals surface area contributed by atoms with E-state index in [1.807, 2.05) is 24.3 Å². The van der Waals surface area contributed by atoms with Gasteiger partial charge in [0.15, 0.2) is 5.58 Å². The smallest absolute Gasteiger partial charge is 0.256 e. The highest BCUT2D eigenvalue weighted by Gasteiger charge is 2.03. The van der Waals surface area contributed by atoms with E-state index in [4.69, 9.17) is 10.2 Å². The Kier molecular flexibility index (Phi) is 7.25. The Balaban J connectivity index is 0.000000980. The summed E-state index contributed by atoms with van der Waals surface area (Å²) in [7, 11) is 0. The molecular formula is C9H12Br2N2OS. The third-order valence-electron chi connectivity index (χ3n) is 1.62. The second-order valence-electron chi connectivity index (χ2n) is 2.58. The van der Waals surface area contributed by atoms with Gasteiger partial charge < -0.3 is 10.2 Å². The normalized spacial score (nSPS) is 9.40. The number of hydrogen-bond donors (Lipinski definition) is 1. The standard InChI is InChI=1S/C9H10N2OS.2BrH/c10-5-6-13-9-11-7-3-1-2-4-8(7)12-9;;/h1-4H,5-6,10H2;2*1H. The fraction of sp³-hybridized carbons (Fsp3) is 0.222. The van der Waals surface area contributed by atoms with Gasteiger partial charge in [-0.1, -0.05) is 23.9 Å². The molecule has 0 aliphatic heterocycles. The molecule has 0 atom stereocenters. The SMILES string of the molecule is Br.Br.NCCSc1nc2ccccc2o1. The number of hydrogen-bond acceptors (Lipinski definition) is 4. The second kappa shape index (κ2) is 7.27. The van der Waals surface area contributed by atoms with Crippen molar-refractivity contribution < 1.29 is 4.42 Å². The van der Waals surface area contributed by atoms with Crippen LogP contribution in [0.4, 0.5) is 0 Å². The lowest BCUT2D eigenvalue weighted by molar-refractivity contribution is 0.489. The first-order chi connectivity index (χ1) is 6.40. The van der Waals surface area contributed by atoms with Crippen molar-refractivity contribution in [3.8, 4) is 0 Å². The van der Waals surface area contributed by atoms with Gasteiger partial charge in [-0.15, -0.1) is 34.0 Å². The first kappa shape index (κ1) is 15.0. The number of nitrogens with zero attached hydrogens (tertiary/aromatic N) is 1. The predicted molar refractivity (Wildman–Crippen MR) is 74.4 cm³/mol. The first-order valence-corrected chi connectivity index (χ1v) is 5.07. The average molecular weight is 356 g/mol. The molecule has 2 rings (SSSR count). The molecule has 0 spiro atoms. The molecule has 0 saturated carbocycles. The lowest BCUT2D eigenvalue weighted by atomic mass is 10.3. The first-order valence-electron chi connectivity index (χ1n) is 4.08. The summed E-state index contributed by atoms with van der Waals surface area (Å²) in [5, 5.41) is 0.701. The van der Waals surface area contributed by atoms with E-state index in [0.717, 1.165) is 16.9 Å². The number of halogens is 2. The summed E-state index contributed by atoms with van der Waals surface area (Å²) in [6, 6.07) is 7.73. The van der Waals surface area contributed by atoms with Crippen LogP contribution in [0, 0.1) is 0 Å². The summed E-state index contributed by atoms with van der Waals surface area (Å²) < 4.78 is 5.47. The van der Waals surface area contributed by atoms with Crippen LogP contribution in [-0.4, -0.2) is 17.3 Å². The molecular weight excluding hydrogens is 344 g/mol. The minimum Gasteiger partial charge on any atom is -0.431 e. The van der Waals surface area contributed by atoms with Gasteiger partial charge in [0, 0.05) is 12.3 Å². The van der Waals surface area contributed by atoms with Crippen molar-refractivity contribution in [1.29, 1.82) is 0 Å². The zero-order valence-corrected chi connectivity index (χ0v) is 12.1. The summed E-state index contributed by atoms with van der Waals surface area (Å²) in [6.07, 6.45) is 0. The van der Waals surface area contributed by atoms with Crippen molar-refractivity contribution in [2.45, 2.75) is 5.22 Å². The molecule has 1 aromatic heterocycles. The van der Waals surface area contributed by atoms with Gasteiger partial charge in [-0.05, 0) is 12.1 Å². The average Bonchev–Trinajstić information content (AvgIpc) is 2.57. The molecule has 15 heavy (non-hydrogen) atoms. The highest BCUT2D eigenvalue weighted by atomic mass is 79.9. The molecule has 1 aromatic carbocycles. The molecule has 0 fully saturated rings. The quantitative estimate of drug-likeness (QED) is 0.860. The highest BCUT2D eigenvalue weighted by molar-refractivity contribution is 8.93. The largest absolute Gasteiger partial charge is 0.431 e. The molecule has 0 aliphatic carbocycles. The molecule has 84 valence electrons. The van der Waals surface area contributed by atoms with E-state index in [1.165, 1.54) is 0 Å². The Morgan fingerprint density at radius 1 is 1.27 bits per heavy atom. The maximum Gasteiger partial charge on any atom is 0.256 e. The van der Waals surface area contributed by atoms with Crippen molar-refractivity contribution in [3.63, 3.8) is 0 Å². The Labute approximate surface area is 113 Å². The van der Waals surface area contributed by atoms with E-state index in [9.17, 15) is 0 Å². The Hall–Kier alpha value is -0.0400. The second-order valence-corrected chi connectivity index (χ2v) is 3.63. The topological polar surface area (TPSA) is 52.0 Å². The van der Waals surface area contributed by atoms with E-state index in [-0.39, 0.29) is 34.0 Å². The summed E-state index contributed by atoms with van der Waals surface area (Å²) in [6.45, 7) is 0.642. The van der Waals surface area contributed by atoms with Crippen LogP contribution in [0.25, 0.3) is 11.1 Å². The molecule has 1 heterocycles. The van der Waals surface area contributed by atoms with Crippen molar-refractivity contribution in [3.05, 3.63) is 24.3 Å². The molecule has 3 nitrogen and oxygen atoms in total. The van der Waals surface area contributed by atoms with Crippen molar-refractivity contribution in [1.82, 2.24) is 4.98 Å².